The van der Waals surface area contributed by atoms with Gasteiger partial charge in [0, 0.05) is 19.6 Å². The highest BCUT2D eigenvalue weighted by Crippen LogP contribution is 2.47. The van der Waals surface area contributed by atoms with E-state index in [9.17, 15) is 0 Å². The number of aliphatic imine (C=N–C) groups is 1. The molecule has 1 aliphatic carbocycles. The molecule has 2 atom stereocenters. The first-order valence-electron chi connectivity index (χ1n) is 7.03. The zero-order valence-corrected chi connectivity index (χ0v) is 11.6. The van der Waals surface area contributed by atoms with Crippen LogP contribution in [-0.2, 0) is 0 Å². The van der Waals surface area contributed by atoms with Crippen LogP contribution in [-0.4, -0.2) is 25.6 Å². The minimum Gasteiger partial charge on any atom is -0.357 e. The van der Waals surface area contributed by atoms with E-state index in [1.54, 1.807) is 0 Å². The summed E-state index contributed by atoms with van der Waals surface area (Å²) in [5.41, 5.74) is 1.45. The molecule has 2 N–H and O–H groups in total. The summed E-state index contributed by atoms with van der Waals surface area (Å²) < 4.78 is 0. The van der Waals surface area contributed by atoms with E-state index < -0.39 is 0 Å². The molecule has 0 spiro atoms. The van der Waals surface area contributed by atoms with Gasteiger partial charge in [0.25, 0.3) is 0 Å². The Kier molecular flexibility index (Phi) is 5.01. The van der Waals surface area contributed by atoms with Gasteiger partial charge in [-0.1, -0.05) is 36.4 Å². The van der Waals surface area contributed by atoms with Crippen molar-refractivity contribution < 1.29 is 0 Å². The summed E-state index contributed by atoms with van der Waals surface area (Å²) in [5, 5.41) is 6.48. The molecule has 1 fully saturated rings. The van der Waals surface area contributed by atoms with Crippen LogP contribution < -0.4 is 10.6 Å². The van der Waals surface area contributed by atoms with Crippen LogP contribution in [0.2, 0.25) is 0 Å². The number of hydrogen-bond acceptors (Lipinski definition) is 1. The molecule has 1 saturated carbocycles. The van der Waals surface area contributed by atoms with Crippen molar-refractivity contribution in [2.75, 3.05) is 19.6 Å². The van der Waals surface area contributed by atoms with Crippen molar-refractivity contribution in [1.29, 1.82) is 0 Å². The van der Waals surface area contributed by atoms with E-state index in [0.29, 0.717) is 11.8 Å². The molecule has 2 rings (SSSR count). The Balaban J connectivity index is 1.83. The van der Waals surface area contributed by atoms with Crippen molar-refractivity contribution in [3.05, 3.63) is 48.6 Å². The van der Waals surface area contributed by atoms with E-state index in [-0.39, 0.29) is 0 Å². The van der Waals surface area contributed by atoms with Crippen LogP contribution in [0.1, 0.15) is 24.8 Å². The van der Waals surface area contributed by atoms with Gasteiger partial charge in [0.05, 0.1) is 0 Å². The lowest BCUT2D eigenvalue weighted by atomic mass is 10.1. The number of rotatable bonds is 6. The molecule has 102 valence electrons. The summed E-state index contributed by atoms with van der Waals surface area (Å²) in [6.45, 7) is 8.31. The zero-order valence-electron chi connectivity index (χ0n) is 11.6. The topological polar surface area (TPSA) is 36.4 Å². The quantitative estimate of drug-likeness (QED) is 0.467. The number of benzene rings is 1. The first-order valence-corrected chi connectivity index (χ1v) is 7.03. The predicted molar refractivity (Wildman–Crippen MR) is 81.5 cm³/mol. The lowest BCUT2D eigenvalue weighted by Crippen LogP contribution is -2.37. The predicted octanol–water partition coefficient (Wildman–Crippen LogP) is 2.53. The average molecular weight is 257 g/mol. The molecule has 1 aliphatic rings. The molecular weight excluding hydrogens is 234 g/mol. The molecule has 2 unspecified atom stereocenters. The van der Waals surface area contributed by atoms with Gasteiger partial charge in [0.2, 0.25) is 0 Å². The van der Waals surface area contributed by atoms with Gasteiger partial charge in [-0.3, -0.25) is 4.99 Å². The Bertz CT molecular complexity index is 425. The monoisotopic (exact) mass is 257 g/mol. The minimum atomic E-state index is 0.696. The standard InChI is InChI=1S/C16H23N3/c1-3-10-18-16(17-4-2)19-12-14-11-15(14)13-8-6-5-7-9-13/h3,5-9,14-15H,1,4,10-12H2,2H3,(H2,17,18,19). The maximum Gasteiger partial charge on any atom is 0.191 e. The second-order valence-electron chi connectivity index (χ2n) is 4.90. The molecule has 0 radical (unpaired) electrons. The highest BCUT2D eigenvalue weighted by molar-refractivity contribution is 5.79. The van der Waals surface area contributed by atoms with Gasteiger partial charge in [-0.25, -0.2) is 0 Å². The van der Waals surface area contributed by atoms with E-state index in [4.69, 9.17) is 0 Å². The first kappa shape index (κ1) is 13.7. The van der Waals surface area contributed by atoms with Gasteiger partial charge in [-0.2, -0.15) is 0 Å². The molecule has 0 heterocycles. The maximum absolute atomic E-state index is 4.64. The summed E-state index contributed by atoms with van der Waals surface area (Å²) in [6.07, 6.45) is 3.10. The van der Waals surface area contributed by atoms with Gasteiger partial charge in [-0.05, 0) is 30.7 Å². The molecular formula is C16H23N3. The van der Waals surface area contributed by atoms with Crippen molar-refractivity contribution >= 4 is 5.96 Å². The summed E-state index contributed by atoms with van der Waals surface area (Å²) >= 11 is 0. The van der Waals surface area contributed by atoms with Crippen LogP contribution in [0.25, 0.3) is 0 Å². The Labute approximate surface area is 115 Å². The molecule has 19 heavy (non-hydrogen) atoms. The SMILES string of the molecule is C=CCNC(=NCC1CC1c1ccccc1)NCC. The van der Waals surface area contributed by atoms with Gasteiger partial charge < -0.3 is 10.6 Å². The Morgan fingerprint density at radius 3 is 2.84 bits per heavy atom. The summed E-state index contributed by atoms with van der Waals surface area (Å²) in [7, 11) is 0. The molecule has 0 aromatic heterocycles. The molecule has 1 aromatic carbocycles. The summed E-state index contributed by atoms with van der Waals surface area (Å²) in [6, 6.07) is 10.7. The third-order valence-electron chi connectivity index (χ3n) is 3.39. The number of guanidine groups is 1. The fourth-order valence-corrected chi connectivity index (χ4v) is 2.28. The highest BCUT2D eigenvalue weighted by atomic mass is 15.2. The molecule has 0 saturated heterocycles. The first-order chi connectivity index (χ1) is 9.35. The number of nitrogens with zero attached hydrogens (tertiary/aromatic N) is 1. The van der Waals surface area contributed by atoms with E-state index in [2.05, 4.69) is 59.5 Å². The lowest BCUT2D eigenvalue weighted by Gasteiger charge is -2.09. The van der Waals surface area contributed by atoms with E-state index in [1.807, 2.05) is 6.08 Å². The fourth-order valence-electron chi connectivity index (χ4n) is 2.28. The zero-order chi connectivity index (χ0) is 13.5. The highest BCUT2D eigenvalue weighted by Gasteiger charge is 2.37. The third-order valence-corrected chi connectivity index (χ3v) is 3.39. The van der Waals surface area contributed by atoms with Crippen LogP contribution in [0.3, 0.4) is 0 Å². The molecule has 0 amide bonds. The molecule has 0 bridgehead atoms. The second-order valence-corrected chi connectivity index (χ2v) is 4.90. The second kappa shape index (κ2) is 6.98. The summed E-state index contributed by atoms with van der Waals surface area (Å²) in [5.74, 6) is 2.29. The van der Waals surface area contributed by atoms with Gasteiger partial charge in [-0.15, -0.1) is 6.58 Å². The molecule has 3 heteroatoms. The lowest BCUT2D eigenvalue weighted by molar-refractivity contribution is 0.783. The van der Waals surface area contributed by atoms with Crippen LogP contribution in [0.4, 0.5) is 0 Å². The largest absolute Gasteiger partial charge is 0.357 e. The van der Waals surface area contributed by atoms with Crippen LogP contribution in [0.15, 0.2) is 48.0 Å². The Hall–Kier alpha value is -1.77. The van der Waals surface area contributed by atoms with Crippen molar-refractivity contribution in [3.8, 4) is 0 Å². The van der Waals surface area contributed by atoms with E-state index in [1.165, 1.54) is 12.0 Å². The van der Waals surface area contributed by atoms with Gasteiger partial charge in [0.1, 0.15) is 0 Å². The number of nitrogens with one attached hydrogen (secondary N) is 2. The average Bonchev–Trinajstić information content (AvgIpc) is 3.22. The van der Waals surface area contributed by atoms with E-state index in [0.717, 1.165) is 25.6 Å². The molecule has 0 aliphatic heterocycles. The third kappa shape index (κ3) is 4.12. The Morgan fingerprint density at radius 2 is 2.16 bits per heavy atom. The van der Waals surface area contributed by atoms with Crippen molar-refractivity contribution in [3.63, 3.8) is 0 Å². The van der Waals surface area contributed by atoms with Crippen LogP contribution in [0, 0.1) is 5.92 Å². The van der Waals surface area contributed by atoms with Gasteiger partial charge >= 0.3 is 0 Å². The summed E-state index contributed by atoms with van der Waals surface area (Å²) in [4.78, 5) is 4.64. The van der Waals surface area contributed by atoms with Crippen LogP contribution >= 0.6 is 0 Å². The fraction of sp³-hybridized carbons (Fsp3) is 0.438. The minimum absolute atomic E-state index is 0.696. The van der Waals surface area contributed by atoms with Gasteiger partial charge in [0.15, 0.2) is 5.96 Å². The Morgan fingerprint density at radius 1 is 1.37 bits per heavy atom. The van der Waals surface area contributed by atoms with Crippen molar-refractivity contribution in [2.24, 2.45) is 10.9 Å². The normalized spacial score (nSPS) is 21.8. The van der Waals surface area contributed by atoms with Crippen molar-refractivity contribution in [2.45, 2.75) is 19.3 Å². The van der Waals surface area contributed by atoms with Crippen LogP contribution in [0.5, 0.6) is 0 Å². The molecule has 3 nitrogen and oxygen atoms in total. The number of hydrogen-bond donors (Lipinski definition) is 2. The smallest absolute Gasteiger partial charge is 0.191 e. The van der Waals surface area contributed by atoms with E-state index >= 15 is 0 Å². The maximum atomic E-state index is 4.64. The molecule has 1 aromatic rings. The van der Waals surface area contributed by atoms with Crippen molar-refractivity contribution in [1.82, 2.24) is 10.6 Å².